The van der Waals surface area contributed by atoms with Gasteiger partial charge in [-0.15, -0.1) is 6.58 Å². The lowest BCUT2D eigenvalue weighted by molar-refractivity contribution is 0.696. The molecule has 46 valence electrons. The maximum Gasteiger partial charge on any atom is 0.105 e. The second-order valence-electron chi connectivity index (χ2n) is 1.00. The normalized spacial score (nSPS) is 12.5. The van der Waals surface area contributed by atoms with E-state index in [1.807, 2.05) is 0 Å². The summed E-state index contributed by atoms with van der Waals surface area (Å²) in [5.41, 5.74) is 0. The summed E-state index contributed by atoms with van der Waals surface area (Å²) in [5, 5.41) is 1.41. The first-order valence-corrected chi connectivity index (χ1v) is 4.80. The lowest BCUT2D eigenvalue weighted by Crippen LogP contribution is -1.74. The van der Waals surface area contributed by atoms with Gasteiger partial charge in [0, 0.05) is 11.2 Å². The van der Waals surface area contributed by atoms with Gasteiger partial charge in [0.2, 0.25) is 0 Å². The highest BCUT2D eigenvalue weighted by molar-refractivity contribution is 8.70. The summed E-state index contributed by atoms with van der Waals surface area (Å²) >= 11 is 0. The SMILES string of the molecule is C=CCSS(=O)C=C. The zero-order valence-electron chi connectivity index (χ0n) is 4.50. The fourth-order valence-corrected chi connectivity index (χ4v) is 1.47. The monoisotopic (exact) mass is 148 g/mol. The molecule has 0 aliphatic heterocycles. The molecule has 0 aromatic rings. The van der Waals surface area contributed by atoms with Gasteiger partial charge in [0.15, 0.2) is 0 Å². The van der Waals surface area contributed by atoms with E-state index < -0.39 is 9.83 Å². The third-order valence-electron chi connectivity index (χ3n) is 0.438. The Morgan fingerprint density at radius 2 is 2.25 bits per heavy atom. The van der Waals surface area contributed by atoms with Crippen LogP contribution < -0.4 is 0 Å². The zero-order valence-corrected chi connectivity index (χ0v) is 6.13. The fourth-order valence-electron chi connectivity index (χ4n) is 0.163. The van der Waals surface area contributed by atoms with Gasteiger partial charge in [-0.2, -0.15) is 0 Å². The summed E-state index contributed by atoms with van der Waals surface area (Å²) in [4.78, 5) is 0. The van der Waals surface area contributed by atoms with Gasteiger partial charge in [-0.05, 0) is 0 Å². The van der Waals surface area contributed by atoms with Crippen LogP contribution in [0.3, 0.4) is 0 Å². The Hall–Kier alpha value is -0.0200. The third-order valence-corrected chi connectivity index (χ3v) is 2.83. The van der Waals surface area contributed by atoms with Crippen molar-refractivity contribution in [2.45, 2.75) is 0 Å². The van der Waals surface area contributed by atoms with Gasteiger partial charge in [-0.25, -0.2) is 4.21 Å². The largest absolute Gasteiger partial charge is 0.243 e. The quantitative estimate of drug-likeness (QED) is 0.446. The molecular formula is C5H8OS2. The first-order valence-electron chi connectivity index (χ1n) is 2.08. The van der Waals surface area contributed by atoms with Gasteiger partial charge in [0.25, 0.3) is 0 Å². The van der Waals surface area contributed by atoms with E-state index in [1.54, 1.807) is 6.08 Å². The predicted octanol–water partition coefficient (Wildman–Crippen LogP) is 1.71. The van der Waals surface area contributed by atoms with Crippen molar-refractivity contribution in [3.8, 4) is 0 Å². The molecule has 0 fully saturated rings. The van der Waals surface area contributed by atoms with Crippen molar-refractivity contribution in [2.24, 2.45) is 0 Å². The van der Waals surface area contributed by atoms with Crippen molar-refractivity contribution in [1.82, 2.24) is 0 Å². The molecule has 0 aliphatic rings. The summed E-state index contributed by atoms with van der Waals surface area (Å²) in [6.07, 6.45) is 1.71. The molecule has 0 heterocycles. The molecule has 3 heteroatoms. The van der Waals surface area contributed by atoms with Crippen LogP contribution in [0.2, 0.25) is 0 Å². The first-order chi connectivity index (χ1) is 3.81. The molecule has 0 saturated carbocycles. The Bertz CT molecular complexity index is 109. The first kappa shape index (κ1) is 7.98. The Labute approximate surface area is 55.7 Å². The van der Waals surface area contributed by atoms with Crippen molar-refractivity contribution in [3.05, 3.63) is 24.6 Å². The van der Waals surface area contributed by atoms with Crippen molar-refractivity contribution in [2.75, 3.05) is 5.75 Å². The van der Waals surface area contributed by atoms with Crippen molar-refractivity contribution in [3.63, 3.8) is 0 Å². The topological polar surface area (TPSA) is 17.1 Å². The average Bonchev–Trinajstić information content (AvgIpc) is 1.83. The van der Waals surface area contributed by atoms with E-state index in [0.29, 0.717) is 0 Å². The van der Waals surface area contributed by atoms with E-state index in [0.717, 1.165) is 5.75 Å². The van der Waals surface area contributed by atoms with Crippen LogP contribution in [-0.2, 0) is 9.83 Å². The minimum absolute atomic E-state index is 0.721. The van der Waals surface area contributed by atoms with Gasteiger partial charge >= 0.3 is 0 Å². The molecule has 0 saturated heterocycles. The van der Waals surface area contributed by atoms with Crippen molar-refractivity contribution >= 4 is 20.6 Å². The van der Waals surface area contributed by atoms with Crippen LogP contribution in [0.25, 0.3) is 0 Å². The molecule has 0 aromatic heterocycles. The molecular weight excluding hydrogens is 140 g/mol. The highest BCUT2D eigenvalue weighted by Crippen LogP contribution is 2.06. The van der Waals surface area contributed by atoms with E-state index in [4.69, 9.17) is 0 Å². The fraction of sp³-hybridized carbons (Fsp3) is 0.200. The zero-order chi connectivity index (χ0) is 6.41. The van der Waals surface area contributed by atoms with Gasteiger partial charge in [0.1, 0.15) is 9.83 Å². The van der Waals surface area contributed by atoms with Crippen LogP contribution in [0.1, 0.15) is 0 Å². The van der Waals surface area contributed by atoms with E-state index in [-0.39, 0.29) is 0 Å². The summed E-state index contributed by atoms with van der Waals surface area (Å²) in [6, 6.07) is 0. The lowest BCUT2D eigenvalue weighted by Gasteiger charge is -1.86. The summed E-state index contributed by atoms with van der Waals surface area (Å²) in [6.45, 7) is 6.84. The van der Waals surface area contributed by atoms with Gasteiger partial charge in [-0.3, -0.25) is 0 Å². The third kappa shape index (κ3) is 4.15. The molecule has 0 aliphatic carbocycles. The Balaban J connectivity index is 3.24. The predicted molar refractivity (Wildman–Crippen MR) is 41.0 cm³/mol. The number of hydrogen-bond donors (Lipinski definition) is 0. The van der Waals surface area contributed by atoms with Crippen LogP contribution in [0.5, 0.6) is 0 Å². The minimum atomic E-state index is -0.918. The van der Waals surface area contributed by atoms with E-state index in [2.05, 4.69) is 13.2 Å². The van der Waals surface area contributed by atoms with E-state index >= 15 is 0 Å². The molecule has 0 aromatic carbocycles. The molecule has 0 N–H and O–H groups in total. The van der Waals surface area contributed by atoms with Crippen LogP contribution in [0, 0.1) is 0 Å². The summed E-state index contributed by atoms with van der Waals surface area (Å²) in [5.74, 6) is 0.721. The van der Waals surface area contributed by atoms with Gasteiger partial charge in [0.05, 0.1) is 0 Å². The van der Waals surface area contributed by atoms with Crippen LogP contribution >= 0.6 is 10.8 Å². The molecule has 1 atom stereocenters. The highest BCUT2D eigenvalue weighted by atomic mass is 33.1. The Morgan fingerprint density at radius 3 is 2.62 bits per heavy atom. The summed E-state index contributed by atoms with van der Waals surface area (Å²) in [7, 11) is 0.395. The maximum absolute atomic E-state index is 10.5. The van der Waals surface area contributed by atoms with E-state index in [1.165, 1.54) is 16.2 Å². The van der Waals surface area contributed by atoms with Crippen LogP contribution in [0.15, 0.2) is 24.6 Å². The van der Waals surface area contributed by atoms with Crippen LogP contribution in [0.4, 0.5) is 0 Å². The second-order valence-corrected chi connectivity index (χ2v) is 4.12. The van der Waals surface area contributed by atoms with Gasteiger partial charge in [-0.1, -0.05) is 23.4 Å². The molecule has 0 rings (SSSR count). The molecule has 0 bridgehead atoms. The number of hydrogen-bond acceptors (Lipinski definition) is 2. The van der Waals surface area contributed by atoms with Crippen LogP contribution in [-0.4, -0.2) is 9.96 Å². The standard InChI is InChI=1S/C5H8OS2/c1-3-5-7-8(6)4-2/h3-4H,1-2,5H2. The average molecular weight is 148 g/mol. The lowest BCUT2D eigenvalue weighted by atomic mass is 10.8. The smallest absolute Gasteiger partial charge is 0.105 e. The Morgan fingerprint density at radius 1 is 1.62 bits per heavy atom. The van der Waals surface area contributed by atoms with Crippen molar-refractivity contribution < 1.29 is 4.21 Å². The van der Waals surface area contributed by atoms with Crippen molar-refractivity contribution in [1.29, 1.82) is 0 Å². The molecule has 8 heavy (non-hydrogen) atoms. The molecule has 1 unspecified atom stereocenters. The maximum atomic E-state index is 10.5. The summed E-state index contributed by atoms with van der Waals surface area (Å²) < 4.78 is 10.5. The molecule has 0 amide bonds. The minimum Gasteiger partial charge on any atom is -0.243 e. The molecule has 1 nitrogen and oxygen atoms in total. The number of rotatable bonds is 4. The highest BCUT2D eigenvalue weighted by Gasteiger charge is 1.87. The Kier molecular flexibility index (Phi) is 5.11. The van der Waals surface area contributed by atoms with Gasteiger partial charge < -0.3 is 0 Å². The molecule has 0 radical (unpaired) electrons. The second kappa shape index (κ2) is 5.12. The van der Waals surface area contributed by atoms with E-state index in [9.17, 15) is 4.21 Å². The molecule has 0 spiro atoms.